The number of methoxy groups -OCH3 is 1. The molecule has 1 heterocycles. The summed E-state index contributed by atoms with van der Waals surface area (Å²) < 4.78 is 5.13. The minimum Gasteiger partial charge on any atom is -0.497 e. The lowest BCUT2D eigenvalue weighted by molar-refractivity contribution is -0.131. The highest BCUT2D eigenvalue weighted by Gasteiger charge is 2.15. The molecule has 0 aliphatic carbocycles. The van der Waals surface area contributed by atoms with Crippen LogP contribution in [0, 0.1) is 0 Å². The fraction of sp³-hybridized carbons (Fsp3) is 0.250. The van der Waals surface area contributed by atoms with Crippen LogP contribution in [0.25, 0.3) is 5.70 Å². The van der Waals surface area contributed by atoms with Gasteiger partial charge < -0.3 is 15.2 Å². The van der Waals surface area contributed by atoms with E-state index in [1.807, 2.05) is 18.2 Å². The Bertz CT molecular complexity index is 452. The molecule has 1 aliphatic rings. The largest absolute Gasteiger partial charge is 0.497 e. The topological polar surface area (TPSA) is 58.6 Å². The molecule has 1 aromatic carbocycles. The number of ether oxygens (including phenoxy) is 1. The first-order chi connectivity index (χ1) is 7.70. The van der Waals surface area contributed by atoms with E-state index in [0.29, 0.717) is 5.70 Å². The average molecular weight is 219 g/mol. The van der Waals surface area contributed by atoms with Gasteiger partial charge in [-0.15, -0.1) is 0 Å². The zero-order chi connectivity index (χ0) is 11.5. The Labute approximate surface area is 93.5 Å². The summed E-state index contributed by atoms with van der Waals surface area (Å²) in [6, 6.07) is 5.73. The van der Waals surface area contributed by atoms with Gasteiger partial charge in [0.05, 0.1) is 7.11 Å². The summed E-state index contributed by atoms with van der Waals surface area (Å²) in [5.74, 6) is -0.211. The van der Waals surface area contributed by atoms with Crippen molar-refractivity contribution in [3.63, 3.8) is 0 Å². The van der Waals surface area contributed by atoms with E-state index >= 15 is 0 Å². The second-order valence-corrected chi connectivity index (χ2v) is 3.60. The van der Waals surface area contributed by atoms with Crippen LogP contribution in [-0.4, -0.2) is 24.7 Å². The summed E-state index contributed by atoms with van der Waals surface area (Å²) in [4.78, 5) is 10.7. The minimum absolute atomic E-state index is 0.646. The van der Waals surface area contributed by atoms with Gasteiger partial charge in [-0.1, -0.05) is 6.07 Å². The number of hydrogen-bond donors (Lipinski definition) is 2. The molecule has 1 aromatic rings. The highest BCUT2D eigenvalue weighted by atomic mass is 16.5. The molecular formula is C12H13NO3. The Hall–Kier alpha value is -1.97. The molecule has 0 radical (unpaired) electrons. The maximum absolute atomic E-state index is 10.7. The van der Waals surface area contributed by atoms with E-state index in [1.54, 1.807) is 7.11 Å². The van der Waals surface area contributed by atoms with Crippen LogP contribution in [0.3, 0.4) is 0 Å². The molecule has 1 aliphatic heterocycles. The molecule has 4 heteroatoms. The predicted octanol–water partition coefficient (Wildman–Crippen LogP) is 1.27. The highest BCUT2D eigenvalue weighted by Crippen LogP contribution is 2.26. The van der Waals surface area contributed by atoms with Gasteiger partial charge in [-0.3, -0.25) is 0 Å². The van der Waals surface area contributed by atoms with Crippen LogP contribution in [-0.2, 0) is 11.2 Å². The smallest absolute Gasteiger partial charge is 0.330 e. The number of rotatable bonds is 2. The quantitative estimate of drug-likeness (QED) is 0.735. The van der Waals surface area contributed by atoms with Gasteiger partial charge in [0, 0.05) is 23.9 Å². The van der Waals surface area contributed by atoms with Crippen LogP contribution in [0.2, 0.25) is 0 Å². The Morgan fingerprint density at radius 2 is 2.38 bits per heavy atom. The van der Waals surface area contributed by atoms with Crippen molar-refractivity contribution >= 4 is 11.7 Å². The van der Waals surface area contributed by atoms with Crippen molar-refractivity contribution in [2.45, 2.75) is 6.42 Å². The van der Waals surface area contributed by atoms with Crippen molar-refractivity contribution in [1.82, 2.24) is 5.32 Å². The molecular weight excluding hydrogens is 206 g/mol. The van der Waals surface area contributed by atoms with Gasteiger partial charge in [-0.25, -0.2) is 4.79 Å². The molecule has 0 fully saturated rings. The van der Waals surface area contributed by atoms with E-state index in [4.69, 9.17) is 9.84 Å². The molecule has 4 nitrogen and oxygen atoms in total. The zero-order valence-electron chi connectivity index (χ0n) is 8.99. The Balaban J connectivity index is 2.47. The standard InChI is InChI=1S/C12H13NO3/c1-16-9-3-2-8-4-5-13-11(7-12(14)15)10(8)6-9/h2-3,6-7,13H,4-5H2,1H3,(H,14,15)/b11-7-. The lowest BCUT2D eigenvalue weighted by Crippen LogP contribution is -2.23. The van der Waals surface area contributed by atoms with Gasteiger partial charge in [0.15, 0.2) is 0 Å². The Morgan fingerprint density at radius 3 is 3.06 bits per heavy atom. The zero-order valence-corrected chi connectivity index (χ0v) is 8.99. The monoisotopic (exact) mass is 219 g/mol. The van der Waals surface area contributed by atoms with Crippen LogP contribution in [0.1, 0.15) is 11.1 Å². The highest BCUT2D eigenvalue weighted by molar-refractivity contribution is 5.90. The molecule has 0 bridgehead atoms. The van der Waals surface area contributed by atoms with Crippen molar-refractivity contribution in [1.29, 1.82) is 0 Å². The maximum atomic E-state index is 10.7. The van der Waals surface area contributed by atoms with Gasteiger partial charge in [-0.2, -0.15) is 0 Å². The number of carboxylic acid groups (broad SMARTS) is 1. The van der Waals surface area contributed by atoms with Crippen molar-refractivity contribution in [3.05, 3.63) is 35.4 Å². The number of carbonyl (C=O) groups is 1. The molecule has 0 amide bonds. The van der Waals surface area contributed by atoms with Gasteiger partial charge in [0.2, 0.25) is 0 Å². The number of fused-ring (bicyclic) bond motifs is 1. The Morgan fingerprint density at radius 1 is 1.56 bits per heavy atom. The molecule has 84 valence electrons. The van der Waals surface area contributed by atoms with Crippen LogP contribution in [0.15, 0.2) is 24.3 Å². The number of hydrogen-bond acceptors (Lipinski definition) is 3. The first kappa shape index (κ1) is 10.5. The normalized spacial score (nSPS) is 16.4. The van der Waals surface area contributed by atoms with Crippen LogP contribution >= 0.6 is 0 Å². The molecule has 16 heavy (non-hydrogen) atoms. The van der Waals surface area contributed by atoms with Crippen LogP contribution in [0.5, 0.6) is 5.75 Å². The van der Waals surface area contributed by atoms with Gasteiger partial charge in [0.25, 0.3) is 0 Å². The first-order valence-corrected chi connectivity index (χ1v) is 5.06. The third kappa shape index (κ3) is 2.00. The number of benzene rings is 1. The van der Waals surface area contributed by atoms with E-state index in [9.17, 15) is 4.79 Å². The molecule has 0 saturated heterocycles. The third-order valence-electron chi connectivity index (χ3n) is 2.58. The third-order valence-corrected chi connectivity index (χ3v) is 2.58. The molecule has 2 rings (SSSR count). The van der Waals surface area contributed by atoms with Gasteiger partial charge >= 0.3 is 5.97 Å². The van der Waals surface area contributed by atoms with E-state index in [1.165, 1.54) is 6.08 Å². The molecule has 0 atom stereocenters. The van der Waals surface area contributed by atoms with E-state index in [0.717, 1.165) is 29.8 Å². The number of carboxylic acids is 1. The molecule has 0 saturated carbocycles. The van der Waals surface area contributed by atoms with E-state index < -0.39 is 5.97 Å². The first-order valence-electron chi connectivity index (χ1n) is 5.06. The second kappa shape index (κ2) is 4.26. The lowest BCUT2D eigenvalue weighted by atomic mass is 9.97. The van der Waals surface area contributed by atoms with Gasteiger partial charge in [-0.05, 0) is 24.1 Å². The van der Waals surface area contributed by atoms with Crippen LogP contribution < -0.4 is 10.1 Å². The number of nitrogens with one attached hydrogen (secondary N) is 1. The summed E-state index contributed by atoms with van der Waals surface area (Å²) in [7, 11) is 1.60. The van der Waals surface area contributed by atoms with Crippen molar-refractivity contribution in [2.24, 2.45) is 0 Å². The minimum atomic E-state index is -0.946. The van der Waals surface area contributed by atoms with E-state index in [-0.39, 0.29) is 0 Å². The fourth-order valence-corrected chi connectivity index (χ4v) is 1.83. The number of aliphatic carboxylic acids is 1. The summed E-state index contributed by atoms with van der Waals surface area (Å²) in [5, 5.41) is 11.9. The average Bonchev–Trinajstić information content (AvgIpc) is 2.28. The van der Waals surface area contributed by atoms with E-state index in [2.05, 4.69) is 5.32 Å². The lowest BCUT2D eigenvalue weighted by Gasteiger charge is -2.21. The fourth-order valence-electron chi connectivity index (χ4n) is 1.83. The molecule has 2 N–H and O–H groups in total. The Kier molecular flexibility index (Phi) is 2.81. The van der Waals surface area contributed by atoms with Crippen molar-refractivity contribution < 1.29 is 14.6 Å². The van der Waals surface area contributed by atoms with Gasteiger partial charge in [0.1, 0.15) is 5.75 Å². The summed E-state index contributed by atoms with van der Waals surface area (Å²) in [6.45, 7) is 0.762. The second-order valence-electron chi connectivity index (χ2n) is 3.60. The van der Waals surface area contributed by atoms with Crippen molar-refractivity contribution in [2.75, 3.05) is 13.7 Å². The van der Waals surface area contributed by atoms with Crippen LogP contribution in [0.4, 0.5) is 0 Å². The molecule has 0 unspecified atom stereocenters. The molecule has 0 spiro atoms. The summed E-state index contributed by atoms with van der Waals surface area (Å²) >= 11 is 0. The SMILES string of the molecule is COc1ccc2c(c1)/C(=C/C(=O)O)NCC2. The maximum Gasteiger partial charge on any atom is 0.330 e. The molecule has 0 aromatic heterocycles. The van der Waals surface area contributed by atoms with Crippen molar-refractivity contribution in [3.8, 4) is 5.75 Å². The summed E-state index contributed by atoms with van der Waals surface area (Å²) in [6.07, 6.45) is 2.09. The summed E-state index contributed by atoms with van der Waals surface area (Å²) in [5.41, 5.74) is 2.70. The predicted molar refractivity (Wildman–Crippen MR) is 60.3 cm³/mol.